The quantitative estimate of drug-likeness (QED) is 0.440. The molecule has 0 aromatic heterocycles. The minimum absolute atomic E-state index is 0.0311. The van der Waals surface area contributed by atoms with Crippen molar-refractivity contribution < 1.29 is 19.0 Å². The fourth-order valence-corrected chi connectivity index (χ4v) is 1.97. The van der Waals surface area contributed by atoms with E-state index in [-0.39, 0.29) is 24.1 Å². The predicted molar refractivity (Wildman–Crippen MR) is 66.4 cm³/mol. The van der Waals surface area contributed by atoms with E-state index in [1.54, 1.807) is 19.2 Å². The molecular formula is C14H18O4. The SMILES string of the molecule is COCCC(C(=O)Oc1ccccc1)C1OC1C. The highest BCUT2D eigenvalue weighted by Gasteiger charge is 2.45. The Bertz CT molecular complexity index is 390. The van der Waals surface area contributed by atoms with Gasteiger partial charge in [-0.05, 0) is 25.5 Å². The van der Waals surface area contributed by atoms with E-state index < -0.39 is 0 Å². The lowest BCUT2D eigenvalue weighted by molar-refractivity contribution is -0.140. The van der Waals surface area contributed by atoms with Crippen LogP contribution < -0.4 is 4.74 Å². The van der Waals surface area contributed by atoms with E-state index in [1.165, 1.54) is 0 Å². The molecule has 1 fully saturated rings. The maximum Gasteiger partial charge on any atom is 0.317 e. The Hall–Kier alpha value is -1.39. The second-order valence-corrected chi connectivity index (χ2v) is 4.43. The van der Waals surface area contributed by atoms with Crippen molar-refractivity contribution in [2.45, 2.75) is 25.6 Å². The Morgan fingerprint density at radius 2 is 2.06 bits per heavy atom. The van der Waals surface area contributed by atoms with Gasteiger partial charge in [-0.3, -0.25) is 4.79 Å². The number of esters is 1. The molecule has 0 bridgehead atoms. The summed E-state index contributed by atoms with van der Waals surface area (Å²) in [6.45, 7) is 2.49. The van der Waals surface area contributed by atoms with Gasteiger partial charge in [0.1, 0.15) is 5.75 Å². The zero-order chi connectivity index (χ0) is 13.0. The molecule has 1 saturated heterocycles. The van der Waals surface area contributed by atoms with Crippen molar-refractivity contribution in [3.8, 4) is 5.75 Å². The van der Waals surface area contributed by atoms with E-state index in [0.717, 1.165) is 0 Å². The third-order valence-electron chi connectivity index (χ3n) is 3.05. The van der Waals surface area contributed by atoms with Gasteiger partial charge in [0.25, 0.3) is 0 Å². The lowest BCUT2D eigenvalue weighted by Crippen LogP contribution is -2.27. The van der Waals surface area contributed by atoms with Crippen molar-refractivity contribution in [1.29, 1.82) is 0 Å². The van der Waals surface area contributed by atoms with Gasteiger partial charge in [0.05, 0.1) is 18.1 Å². The first-order chi connectivity index (χ1) is 8.72. The molecule has 3 unspecified atom stereocenters. The Labute approximate surface area is 107 Å². The Kier molecular flexibility index (Phi) is 4.33. The summed E-state index contributed by atoms with van der Waals surface area (Å²) >= 11 is 0. The molecule has 2 rings (SSSR count). The van der Waals surface area contributed by atoms with Gasteiger partial charge in [-0.25, -0.2) is 0 Å². The van der Waals surface area contributed by atoms with Crippen LogP contribution in [0.2, 0.25) is 0 Å². The van der Waals surface area contributed by atoms with Crippen LogP contribution in [0.25, 0.3) is 0 Å². The number of hydrogen-bond donors (Lipinski definition) is 0. The standard InChI is InChI=1S/C14H18O4/c1-10-13(17-10)12(8-9-16-2)14(15)18-11-6-4-3-5-7-11/h3-7,10,12-13H,8-9H2,1-2H3. The van der Waals surface area contributed by atoms with Crippen molar-refractivity contribution in [2.24, 2.45) is 5.92 Å². The molecule has 18 heavy (non-hydrogen) atoms. The van der Waals surface area contributed by atoms with Gasteiger partial charge < -0.3 is 14.2 Å². The summed E-state index contributed by atoms with van der Waals surface area (Å²) in [4.78, 5) is 12.1. The summed E-state index contributed by atoms with van der Waals surface area (Å²) in [6, 6.07) is 9.09. The van der Waals surface area contributed by atoms with Crippen LogP contribution in [0, 0.1) is 5.92 Å². The van der Waals surface area contributed by atoms with Crippen molar-refractivity contribution >= 4 is 5.97 Å². The third kappa shape index (κ3) is 3.31. The average Bonchev–Trinajstić information content (AvgIpc) is 3.08. The van der Waals surface area contributed by atoms with Crippen LogP contribution in [0.1, 0.15) is 13.3 Å². The zero-order valence-corrected chi connectivity index (χ0v) is 10.7. The molecule has 1 aromatic rings. The lowest BCUT2D eigenvalue weighted by atomic mass is 10.0. The van der Waals surface area contributed by atoms with Gasteiger partial charge in [0.2, 0.25) is 0 Å². The molecule has 0 radical (unpaired) electrons. The third-order valence-corrected chi connectivity index (χ3v) is 3.05. The summed E-state index contributed by atoms with van der Waals surface area (Å²) in [5.74, 6) is 0.0750. The summed E-state index contributed by atoms with van der Waals surface area (Å²) < 4.78 is 15.7. The Morgan fingerprint density at radius 3 is 2.61 bits per heavy atom. The van der Waals surface area contributed by atoms with Crippen LogP contribution in [0.5, 0.6) is 5.75 Å². The smallest absolute Gasteiger partial charge is 0.317 e. The van der Waals surface area contributed by atoms with E-state index in [2.05, 4.69) is 0 Å². The number of para-hydroxylation sites is 1. The lowest BCUT2D eigenvalue weighted by Gasteiger charge is -2.13. The van der Waals surface area contributed by atoms with Gasteiger partial charge in [0.15, 0.2) is 0 Å². The van der Waals surface area contributed by atoms with Crippen LogP contribution in [0.4, 0.5) is 0 Å². The molecule has 0 aliphatic carbocycles. The van der Waals surface area contributed by atoms with Crippen molar-refractivity contribution in [3.05, 3.63) is 30.3 Å². The van der Waals surface area contributed by atoms with Crippen LogP contribution in [-0.2, 0) is 14.3 Å². The average molecular weight is 250 g/mol. The van der Waals surface area contributed by atoms with E-state index in [0.29, 0.717) is 18.8 Å². The molecule has 1 aliphatic rings. The maximum atomic E-state index is 12.1. The Morgan fingerprint density at radius 1 is 1.39 bits per heavy atom. The number of carbonyl (C=O) groups excluding carboxylic acids is 1. The summed E-state index contributed by atoms with van der Waals surface area (Å²) in [7, 11) is 1.62. The highest BCUT2D eigenvalue weighted by atomic mass is 16.6. The van der Waals surface area contributed by atoms with Gasteiger partial charge in [-0.1, -0.05) is 18.2 Å². The zero-order valence-electron chi connectivity index (χ0n) is 10.7. The molecule has 0 spiro atoms. The first-order valence-electron chi connectivity index (χ1n) is 6.13. The number of hydrogen-bond acceptors (Lipinski definition) is 4. The number of benzene rings is 1. The number of ether oxygens (including phenoxy) is 3. The fourth-order valence-electron chi connectivity index (χ4n) is 1.97. The molecule has 3 atom stereocenters. The van der Waals surface area contributed by atoms with Crippen LogP contribution in [0.15, 0.2) is 30.3 Å². The van der Waals surface area contributed by atoms with E-state index >= 15 is 0 Å². The Balaban J connectivity index is 1.95. The monoisotopic (exact) mass is 250 g/mol. The first kappa shape index (κ1) is 13.1. The predicted octanol–water partition coefficient (Wildman–Crippen LogP) is 2.03. The van der Waals surface area contributed by atoms with E-state index in [4.69, 9.17) is 14.2 Å². The fraction of sp³-hybridized carbons (Fsp3) is 0.500. The molecule has 0 N–H and O–H groups in total. The summed E-state index contributed by atoms with van der Waals surface area (Å²) in [6.07, 6.45) is 0.725. The molecule has 4 nitrogen and oxygen atoms in total. The van der Waals surface area contributed by atoms with Gasteiger partial charge in [0, 0.05) is 13.7 Å². The molecule has 4 heteroatoms. The minimum atomic E-state index is -0.250. The second-order valence-electron chi connectivity index (χ2n) is 4.43. The number of rotatable bonds is 6. The molecule has 1 heterocycles. The number of methoxy groups -OCH3 is 1. The topological polar surface area (TPSA) is 48.1 Å². The van der Waals surface area contributed by atoms with Crippen molar-refractivity contribution in [1.82, 2.24) is 0 Å². The number of carbonyl (C=O) groups is 1. The van der Waals surface area contributed by atoms with Crippen molar-refractivity contribution in [3.63, 3.8) is 0 Å². The molecule has 98 valence electrons. The number of epoxide rings is 1. The van der Waals surface area contributed by atoms with E-state index in [1.807, 2.05) is 25.1 Å². The van der Waals surface area contributed by atoms with Gasteiger partial charge in [-0.2, -0.15) is 0 Å². The van der Waals surface area contributed by atoms with Crippen LogP contribution in [0.3, 0.4) is 0 Å². The van der Waals surface area contributed by atoms with Gasteiger partial charge in [-0.15, -0.1) is 0 Å². The molecule has 1 aliphatic heterocycles. The van der Waals surface area contributed by atoms with Crippen LogP contribution >= 0.6 is 0 Å². The largest absolute Gasteiger partial charge is 0.426 e. The van der Waals surface area contributed by atoms with Crippen LogP contribution in [-0.4, -0.2) is 31.9 Å². The highest BCUT2D eigenvalue weighted by molar-refractivity contribution is 5.76. The molecule has 0 amide bonds. The molecule has 0 saturated carbocycles. The molecule has 1 aromatic carbocycles. The molecular weight excluding hydrogens is 232 g/mol. The highest BCUT2D eigenvalue weighted by Crippen LogP contribution is 2.32. The summed E-state index contributed by atoms with van der Waals surface area (Å²) in [5, 5.41) is 0. The van der Waals surface area contributed by atoms with Crippen molar-refractivity contribution in [2.75, 3.05) is 13.7 Å². The summed E-state index contributed by atoms with van der Waals surface area (Å²) in [5.41, 5.74) is 0. The van der Waals surface area contributed by atoms with Gasteiger partial charge >= 0.3 is 5.97 Å². The second kappa shape index (κ2) is 5.98. The maximum absolute atomic E-state index is 12.1. The first-order valence-corrected chi connectivity index (χ1v) is 6.13. The minimum Gasteiger partial charge on any atom is -0.426 e. The normalized spacial score (nSPS) is 23.4. The van der Waals surface area contributed by atoms with E-state index in [9.17, 15) is 4.79 Å².